The number of nitriles is 1. The molecule has 1 saturated carbocycles. The van der Waals surface area contributed by atoms with Crippen molar-refractivity contribution in [2.75, 3.05) is 25.5 Å². The lowest BCUT2D eigenvalue weighted by Gasteiger charge is -2.31. The lowest BCUT2D eigenvalue weighted by atomic mass is 10.0. The monoisotopic (exact) mass is 475 g/mol. The predicted octanol–water partition coefficient (Wildman–Crippen LogP) is 4.64. The molecule has 0 unspecified atom stereocenters. The van der Waals surface area contributed by atoms with Crippen LogP contribution in [0.15, 0.2) is 48.9 Å². The fourth-order valence-corrected chi connectivity index (χ4v) is 4.49. The van der Waals surface area contributed by atoms with Crippen LogP contribution in [-0.4, -0.2) is 46.0 Å². The van der Waals surface area contributed by atoms with E-state index in [-0.39, 0.29) is 12.4 Å². The van der Waals surface area contributed by atoms with Crippen molar-refractivity contribution >= 4 is 24.0 Å². The van der Waals surface area contributed by atoms with Gasteiger partial charge in [0, 0.05) is 36.7 Å². The average molecular weight is 476 g/mol. The van der Waals surface area contributed by atoms with Crippen LogP contribution in [0.3, 0.4) is 0 Å². The molecule has 5 rings (SSSR count). The number of nitrogens with one attached hydrogen (secondary N) is 2. The van der Waals surface area contributed by atoms with E-state index < -0.39 is 0 Å². The Morgan fingerprint density at radius 2 is 1.91 bits per heavy atom. The Morgan fingerprint density at radius 3 is 2.68 bits per heavy atom. The van der Waals surface area contributed by atoms with Crippen LogP contribution in [0.5, 0.6) is 0 Å². The van der Waals surface area contributed by atoms with Crippen molar-refractivity contribution in [3.05, 3.63) is 65.6 Å². The molecule has 0 amide bonds. The summed E-state index contributed by atoms with van der Waals surface area (Å²) in [5, 5.41) is 15.9. The highest BCUT2D eigenvalue weighted by molar-refractivity contribution is 5.85. The van der Waals surface area contributed by atoms with E-state index in [0.717, 1.165) is 36.7 Å². The van der Waals surface area contributed by atoms with Crippen LogP contribution in [0.25, 0.3) is 11.3 Å². The normalized spacial score (nSPS) is 16.0. The summed E-state index contributed by atoms with van der Waals surface area (Å²) >= 11 is 0. The van der Waals surface area contributed by atoms with Crippen molar-refractivity contribution in [2.45, 2.75) is 44.2 Å². The predicted molar refractivity (Wildman–Crippen MR) is 136 cm³/mol. The van der Waals surface area contributed by atoms with Gasteiger partial charge in [0.25, 0.3) is 0 Å². The van der Waals surface area contributed by atoms with Crippen LogP contribution < -0.4 is 10.6 Å². The Labute approximate surface area is 207 Å². The van der Waals surface area contributed by atoms with Crippen LogP contribution in [0.2, 0.25) is 0 Å². The van der Waals surface area contributed by atoms with Gasteiger partial charge in [-0.2, -0.15) is 5.26 Å². The third-order valence-electron chi connectivity index (χ3n) is 6.50. The highest BCUT2D eigenvalue weighted by atomic mass is 35.5. The van der Waals surface area contributed by atoms with E-state index >= 15 is 0 Å². The number of pyridine rings is 3. The van der Waals surface area contributed by atoms with Crippen LogP contribution in [-0.2, 0) is 6.54 Å². The Kier molecular flexibility index (Phi) is 7.73. The summed E-state index contributed by atoms with van der Waals surface area (Å²) in [5.74, 6) is 1.96. The van der Waals surface area contributed by atoms with Gasteiger partial charge in [-0.15, -0.1) is 12.4 Å². The van der Waals surface area contributed by atoms with Crippen molar-refractivity contribution in [3.8, 4) is 17.3 Å². The van der Waals surface area contributed by atoms with E-state index in [1.54, 1.807) is 18.3 Å². The molecule has 1 saturated heterocycles. The molecule has 4 heterocycles. The lowest BCUT2D eigenvalue weighted by Crippen LogP contribution is -2.40. The molecule has 0 bridgehead atoms. The Hall–Kier alpha value is -3.05. The van der Waals surface area contributed by atoms with Crippen LogP contribution >= 0.6 is 12.4 Å². The first-order valence-electron chi connectivity index (χ1n) is 11.7. The minimum Gasteiger partial charge on any atom is -0.325 e. The van der Waals surface area contributed by atoms with Crippen LogP contribution in [0.4, 0.5) is 11.6 Å². The zero-order valence-corrected chi connectivity index (χ0v) is 20.2. The van der Waals surface area contributed by atoms with Crippen LogP contribution in [0.1, 0.15) is 48.3 Å². The molecule has 0 radical (unpaired) electrons. The maximum atomic E-state index is 9.18. The quantitative estimate of drug-likeness (QED) is 0.514. The molecule has 2 N–H and O–H groups in total. The summed E-state index contributed by atoms with van der Waals surface area (Å²) in [4.78, 5) is 16.2. The van der Waals surface area contributed by atoms with Gasteiger partial charge in [0.2, 0.25) is 0 Å². The van der Waals surface area contributed by atoms with Gasteiger partial charge in [0.15, 0.2) is 0 Å². The summed E-state index contributed by atoms with van der Waals surface area (Å²) in [5.41, 5.74) is 5.00. The van der Waals surface area contributed by atoms with Gasteiger partial charge in [-0.1, -0.05) is 0 Å². The standard InChI is InChI=1S/C26H29N7.ClH/c1-33(23-5-7-28-8-6-23)17-19-10-22(16-29-15-19)24-12-21(20-2-3-20)13-26(31-24)32-25-11-18(14-27)4-9-30-25;/h4,9-13,15-16,20,23,28H,2-3,5-8,17H2,1H3,(H,30,31,32);1H. The fraction of sp³-hybridized carbons (Fsp3) is 0.385. The summed E-state index contributed by atoms with van der Waals surface area (Å²) in [7, 11) is 2.21. The number of halogens is 1. The lowest BCUT2D eigenvalue weighted by molar-refractivity contribution is 0.191. The molecule has 0 aromatic carbocycles. The van der Waals surface area contributed by atoms with Gasteiger partial charge in [-0.05, 0) is 93.2 Å². The minimum atomic E-state index is 0. The van der Waals surface area contributed by atoms with E-state index in [0.29, 0.717) is 23.3 Å². The maximum Gasteiger partial charge on any atom is 0.132 e. The van der Waals surface area contributed by atoms with Gasteiger partial charge in [-0.3, -0.25) is 9.88 Å². The van der Waals surface area contributed by atoms with Crippen molar-refractivity contribution in [1.29, 1.82) is 5.26 Å². The summed E-state index contributed by atoms with van der Waals surface area (Å²) < 4.78 is 0. The molecule has 0 atom stereocenters. The second-order valence-electron chi connectivity index (χ2n) is 9.09. The molecule has 7 nitrogen and oxygen atoms in total. The van der Waals surface area contributed by atoms with E-state index in [2.05, 4.69) is 56.8 Å². The zero-order valence-electron chi connectivity index (χ0n) is 19.4. The molecule has 1 aliphatic heterocycles. The largest absolute Gasteiger partial charge is 0.325 e. The van der Waals surface area contributed by atoms with Crippen molar-refractivity contribution in [1.82, 2.24) is 25.2 Å². The molecular formula is C26H30ClN7. The topological polar surface area (TPSA) is 89.8 Å². The van der Waals surface area contributed by atoms with Crippen molar-refractivity contribution in [2.24, 2.45) is 0 Å². The minimum absolute atomic E-state index is 0. The van der Waals surface area contributed by atoms with E-state index in [1.165, 1.54) is 36.8 Å². The number of aromatic nitrogens is 3. The second-order valence-corrected chi connectivity index (χ2v) is 9.09. The molecule has 3 aromatic heterocycles. The van der Waals surface area contributed by atoms with Gasteiger partial charge < -0.3 is 10.6 Å². The van der Waals surface area contributed by atoms with E-state index in [9.17, 15) is 5.26 Å². The average Bonchev–Trinajstić information content (AvgIpc) is 3.70. The Balaban J connectivity index is 0.00000274. The maximum absolute atomic E-state index is 9.18. The van der Waals surface area contributed by atoms with E-state index in [1.807, 2.05) is 12.4 Å². The Morgan fingerprint density at radius 1 is 1.09 bits per heavy atom. The van der Waals surface area contributed by atoms with Gasteiger partial charge in [-0.25, -0.2) is 9.97 Å². The first-order chi connectivity index (χ1) is 16.2. The molecule has 0 spiro atoms. The second kappa shape index (κ2) is 10.9. The van der Waals surface area contributed by atoms with Gasteiger partial charge >= 0.3 is 0 Å². The Bertz CT molecular complexity index is 1170. The number of hydrogen-bond donors (Lipinski definition) is 2. The fourth-order valence-electron chi connectivity index (χ4n) is 4.49. The summed E-state index contributed by atoms with van der Waals surface area (Å²) in [6.07, 6.45) is 10.3. The molecule has 176 valence electrons. The molecule has 3 aromatic rings. The summed E-state index contributed by atoms with van der Waals surface area (Å²) in [6, 6.07) is 12.7. The highest BCUT2D eigenvalue weighted by Gasteiger charge is 2.25. The van der Waals surface area contributed by atoms with Gasteiger partial charge in [0.05, 0.1) is 17.3 Å². The molecular weight excluding hydrogens is 446 g/mol. The summed E-state index contributed by atoms with van der Waals surface area (Å²) in [6.45, 7) is 3.06. The molecule has 1 aliphatic carbocycles. The zero-order chi connectivity index (χ0) is 22.6. The molecule has 34 heavy (non-hydrogen) atoms. The SMILES string of the molecule is CN(Cc1cncc(-c2cc(C3CC3)cc(Nc3cc(C#N)ccn3)n2)c1)C1CCNCC1.Cl. The molecule has 8 heteroatoms. The van der Waals surface area contributed by atoms with Crippen molar-refractivity contribution < 1.29 is 0 Å². The van der Waals surface area contributed by atoms with E-state index in [4.69, 9.17) is 4.98 Å². The molecule has 2 fully saturated rings. The van der Waals surface area contributed by atoms with Crippen LogP contribution in [0, 0.1) is 11.3 Å². The van der Waals surface area contributed by atoms with Gasteiger partial charge in [0.1, 0.15) is 11.6 Å². The smallest absolute Gasteiger partial charge is 0.132 e. The molecule has 2 aliphatic rings. The number of anilines is 2. The first-order valence-corrected chi connectivity index (χ1v) is 11.7. The number of rotatable bonds is 7. The highest BCUT2D eigenvalue weighted by Crippen LogP contribution is 2.42. The number of nitrogens with zero attached hydrogens (tertiary/aromatic N) is 5. The number of piperidine rings is 1. The van der Waals surface area contributed by atoms with Crippen molar-refractivity contribution in [3.63, 3.8) is 0 Å². The number of hydrogen-bond acceptors (Lipinski definition) is 7. The first kappa shape index (κ1) is 24.1. The third kappa shape index (κ3) is 5.89. The third-order valence-corrected chi connectivity index (χ3v) is 6.50.